The summed E-state index contributed by atoms with van der Waals surface area (Å²) in [6.45, 7) is 3.29. The van der Waals surface area contributed by atoms with E-state index < -0.39 is 11.7 Å². The normalized spacial score (nSPS) is 29.1. The number of carbonyl (C=O) groups excluding carboxylic acids is 2. The molecule has 2 aliphatic heterocycles. The Balaban J connectivity index is 1.95. The van der Waals surface area contributed by atoms with Crippen LogP contribution in [-0.4, -0.2) is 17.7 Å². The van der Waals surface area contributed by atoms with E-state index in [9.17, 15) is 9.59 Å². The van der Waals surface area contributed by atoms with Gasteiger partial charge in [-0.15, -0.1) is 0 Å². The second kappa shape index (κ2) is 4.82. The summed E-state index contributed by atoms with van der Waals surface area (Å²) in [5.74, 6) is 1.24. The Labute approximate surface area is 134 Å². The van der Waals surface area contributed by atoms with Gasteiger partial charge >= 0.3 is 0 Å². The predicted molar refractivity (Wildman–Crippen MR) is 83.3 cm³/mol. The Hall–Kier alpha value is -2.36. The highest BCUT2D eigenvalue weighted by Crippen LogP contribution is 2.56. The molecule has 0 saturated carbocycles. The summed E-state index contributed by atoms with van der Waals surface area (Å²) in [5, 5.41) is 0. The van der Waals surface area contributed by atoms with Crippen LogP contribution in [0.5, 0.6) is 0 Å². The van der Waals surface area contributed by atoms with Crippen molar-refractivity contribution in [3.05, 3.63) is 58.6 Å². The first kappa shape index (κ1) is 14.2. The van der Waals surface area contributed by atoms with Crippen LogP contribution in [0, 0.1) is 0 Å². The highest BCUT2D eigenvalue weighted by Gasteiger charge is 2.62. The fraction of sp³-hybridized carbons (Fsp3) is 0.368. The molecule has 2 atom stereocenters. The molecule has 0 bridgehead atoms. The summed E-state index contributed by atoms with van der Waals surface area (Å²) in [7, 11) is 0. The van der Waals surface area contributed by atoms with E-state index in [1.807, 2.05) is 30.3 Å². The van der Waals surface area contributed by atoms with E-state index in [4.69, 9.17) is 9.47 Å². The summed E-state index contributed by atoms with van der Waals surface area (Å²) in [4.78, 5) is 24.8. The fourth-order valence-corrected chi connectivity index (χ4v) is 4.02. The lowest BCUT2D eigenvalue weighted by atomic mass is 9.76. The molecular weight excluding hydrogens is 292 g/mol. The number of ketones is 2. The summed E-state index contributed by atoms with van der Waals surface area (Å²) in [5.41, 5.74) is 1.01. The lowest BCUT2D eigenvalue weighted by Gasteiger charge is -2.31. The van der Waals surface area contributed by atoms with E-state index >= 15 is 0 Å². The van der Waals surface area contributed by atoms with Gasteiger partial charge in [0.05, 0.1) is 11.1 Å². The van der Waals surface area contributed by atoms with Gasteiger partial charge in [-0.1, -0.05) is 30.3 Å². The number of ether oxygens (including phenoxy) is 2. The highest BCUT2D eigenvalue weighted by atomic mass is 16.6. The Bertz CT molecular complexity index is 772. The van der Waals surface area contributed by atoms with Gasteiger partial charge < -0.3 is 9.47 Å². The van der Waals surface area contributed by atoms with Crippen LogP contribution in [0.3, 0.4) is 0 Å². The third-order valence-electron chi connectivity index (χ3n) is 4.90. The lowest BCUT2D eigenvalue weighted by Crippen LogP contribution is -2.40. The van der Waals surface area contributed by atoms with Crippen LogP contribution in [0.15, 0.2) is 53.0 Å². The predicted octanol–water partition coefficient (Wildman–Crippen LogP) is 3.18. The molecular formula is C19H18O4. The Morgan fingerprint density at radius 2 is 1.96 bits per heavy atom. The van der Waals surface area contributed by atoms with E-state index in [-0.39, 0.29) is 11.6 Å². The minimum absolute atomic E-state index is 0.0650. The number of rotatable bonds is 2. The van der Waals surface area contributed by atoms with Crippen molar-refractivity contribution in [3.63, 3.8) is 0 Å². The van der Waals surface area contributed by atoms with Crippen molar-refractivity contribution in [2.75, 3.05) is 0 Å². The van der Waals surface area contributed by atoms with E-state index in [0.29, 0.717) is 29.1 Å². The van der Waals surface area contributed by atoms with Crippen LogP contribution in [0.1, 0.15) is 38.7 Å². The number of hydrogen-bond acceptors (Lipinski definition) is 4. The minimum atomic E-state index is -1.00. The van der Waals surface area contributed by atoms with Gasteiger partial charge in [0, 0.05) is 18.4 Å². The molecule has 4 heteroatoms. The number of benzene rings is 1. The van der Waals surface area contributed by atoms with Gasteiger partial charge in [0.25, 0.3) is 0 Å². The molecule has 0 saturated heterocycles. The van der Waals surface area contributed by atoms with Crippen LogP contribution in [0.25, 0.3) is 0 Å². The Kier molecular flexibility index (Phi) is 2.98. The lowest BCUT2D eigenvalue weighted by molar-refractivity contribution is -0.119. The van der Waals surface area contributed by atoms with Gasteiger partial charge in [0.2, 0.25) is 5.60 Å². The maximum Gasteiger partial charge on any atom is 0.206 e. The molecule has 4 nitrogen and oxygen atoms in total. The van der Waals surface area contributed by atoms with Crippen molar-refractivity contribution in [2.45, 2.75) is 44.8 Å². The monoisotopic (exact) mass is 310 g/mol. The molecule has 1 aliphatic carbocycles. The smallest absolute Gasteiger partial charge is 0.206 e. The molecule has 0 N–H and O–H groups in total. The third-order valence-corrected chi connectivity index (χ3v) is 4.90. The maximum absolute atomic E-state index is 12.7. The average molecular weight is 310 g/mol. The van der Waals surface area contributed by atoms with Crippen LogP contribution < -0.4 is 0 Å². The molecule has 0 fully saturated rings. The maximum atomic E-state index is 12.7. The van der Waals surface area contributed by atoms with Crippen LogP contribution in [-0.2, 0) is 24.7 Å². The van der Waals surface area contributed by atoms with Gasteiger partial charge in [0.1, 0.15) is 11.5 Å². The number of carbonyl (C=O) groups is 2. The number of Topliss-reactive ketones (excluding diaryl/α,β-unsaturated/α-hetero) is 2. The first-order chi connectivity index (χ1) is 11.1. The molecule has 0 aromatic heterocycles. The van der Waals surface area contributed by atoms with Gasteiger partial charge in [-0.25, -0.2) is 0 Å². The molecule has 2 heterocycles. The average Bonchev–Trinajstić information content (AvgIpc) is 2.98. The van der Waals surface area contributed by atoms with Crippen molar-refractivity contribution < 1.29 is 19.1 Å². The van der Waals surface area contributed by atoms with Crippen molar-refractivity contribution in [1.29, 1.82) is 0 Å². The first-order valence-corrected chi connectivity index (χ1v) is 7.95. The molecule has 1 aromatic rings. The van der Waals surface area contributed by atoms with E-state index in [0.717, 1.165) is 18.4 Å². The van der Waals surface area contributed by atoms with Gasteiger partial charge in [0.15, 0.2) is 17.7 Å². The molecule has 0 amide bonds. The number of hydrogen-bond donors (Lipinski definition) is 0. The topological polar surface area (TPSA) is 52.6 Å². The molecule has 0 unspecified atom stereocenters. The zero-order valence-corrected chi connectivity index (χ0v) is 13.2. The quantitative estimate of drug-likeness (QED) is 0.842. The van der Waals surface area contributed by atoms with E-state index in [2.05, 4.69) is 0 Å². The molecule has 4 rings (SSSR count). The van der Waals surface area contributed by atoms with Gasteiger partial charge in [-0.2, -0.15) is 0 Å². The third kappa shape index (κ3) is 1.78. The molecule has 0 radical (unpaired) electrons. The van der Waals surface area contributed by atoms with Crippen molar-refractivity contribution >= 4 is 11.6 Å². The molecule has 0 spiro atoms. The number of allylic oxidation sites excluding steroid dienone is 2. The molecule has 3 aliphatic rings. The molecule has 1 aromatic carbocycles. The van der Waals surface area contributed by atoms with Crippen LogP contribution in [0.4, 0.5) is 0 Å². The summed E-state index contributed by atoms with van der Waals surface area (Å²) in [6, 6.07) is 9.62. The largest absolute Gasteiger partial charge is 0.484 e. The Morgan fingerprint density at radius 3 is 2.65 bits per heavy atom. The Morgan fingerprint density at radius 1 is 1.22 bits per heavy atom. The van der Waals surface area contributed by atoms with E-state index in [1.54, 1.807) is 6.92 Å². The summed E-state index contributed by atoms with van der Waals surface area (Å²) < 4.78 is 12.3. The van der Waals surface area contributed by atoms with Crippen molar-refractivity contribution in [2.24, 2.45) is 0 Å². The van der Waals surface area contributed by atoms with E-state index in [1.165, 1.54) is 6.92 Å². The zero-order valence-electron chi connectivity index (χ0n) is 13.2. The van der Waals surface area contributed by atoms with Crippen LogP contribution >= 0.6 is 0 Å². The van der Waals surface area contributed by atoms with Crippen molar-refractivity contribution in [1.82, 2.24) is 0 Å². The highest BCUT2D eigenvalue weighted by molar-refractivity contribution is 6.02. The minimum Gasteiger partial charge on any atom is -0.484 e. The zero-order chi connectivity index (χ0) is 16.2. The van der Waals surface area contributed by atoms with Crippen molar-refractivity contribution in [3.8, 4) is 0 Å². The molecule has 118 valence electrons. The summed E-state index contributed by atoms with van der Waals surface area (Å²) >= 11 is 0. The number of fused-ring (bicyclic) bond motifs is 2. The summed E-state index contributed by atoms with van der Waals surface area (Å²) in [6.07, 6.45) is 1.45. The molecule has 23 heavy (non-hydrogen) atoms. The van der Waals surface area contributed by atoms with Gasteiger partial charge in [-0.3, -0.25) is 9.59 Å². The second-order valence-electron chi connectivity index (χ2n) is 6.30. The van der Waals surface area contributed by atoms with Crippen LogP contribution in [0.2, 0.25) is 0 Å². The van der Waals surface area contributed by atoms with Gasteiger partial charge in [-0.05, 0) is 20.3 Å². The standard InChI is InChI=1S/C19H18O4/c1-11(20)16-12(2)23-19(13-7-4-3-5-8-13)17-14(21)9-6-10-15(17)22-18(16)19/h3-5,7-8,18H,6,9-10H2,1-2H3/t18-,19-/m0/s1. The fourth-order valence-electron chi connectivity index (χ4n) is 4.02. The first-order valence-electron chi connectivity index (χ1n) is 7.95. The SMILES string of the molecule is CC(=O)C1=C(C)O[C@@]2(c3ccccc3)C3=C(CCCC3=O)O[C@@H]12. The second-order valence-corrected chi connectivity index (χ2v) is 6.30.